The van der Waals surface area contributed by atoms with Crippen LogP contribution in [-0.2, 0) is 11.3 Å². The largest absolute Gasteiger partial charge is 0.504 e. The summed E-state index contributed by atoms with van der Waals surface area (Å²) in [6.45, 7) is 2.58. The van der Waals surface area contributed by atoms with E-state index in [1.54, 1.807) is 42.7 Å². The second-order valence-corrected chi connectivity index (χ2v) is 6.65. The number of para-hydroxylation sites is 1. The lowest BCUT2D eigenvalue weighted by Crippen LogP contribution is -2.27. The van der Waals surface area contributed by atoms with E-state index >= 15 is 0 Å². The first kappa shape index (κ1) is 16.6. The minimum absolute atomic E-state index is 0.00986. The van der Waals surface area contributed by atoms with Gasteiger partial charge in [0.2, 0.25) is 0 Å². The molecule has 7 heteroatoms. The molecule has 1 aliphatic heterocycles. The second-order valence-electron chi connectivity index (χ2n) is 4.97. The molecule has 2 aromatic rings. The van der Waals surface area contributed by atoms with Crippen molar-refractivity contribution < 1.29 is 19.1 Å². The average Bonchev–Trinajstić information content (AvgIpc) is 3.16. The third kappa shape index (κ3) is 3.32. The number of thioether (sulfide) groups is 1. The van der Waals surface area contributed by atoms with Gasteiger partial charge in [0, 0.05) is 5.56 Å². The minimum Gasteiger partial charge on any atom is -0.504 e. The highest BCUT2D eigenvalue weighted by Gasteiger charge is 2.32. The van der Waals surface area contributed by atoms with Crippen LogP contribution in [0.3, 0.4) is 0 Å². The molecule has 0 bridgehead atoms. The number of rotatable bonds is 5. The molecule has 0 atom stereocenters. The molecule has 0 saturated carbocycles. The van der Waals surface area contributed by atoms with E-state index in [0.29, 0.717) is 39.5 Å². The van der Waals surface area contributed by atoms with Crippen molar-refractivity contribution in [3.05, 3.63) is 52.8 Å². The van der Waals surface area contributed by atoms with Gasteiger partial charge in [-0.1, -0.05) is 36.1 Å². The molecule has 124 valence electrons. The van der Waals surface area contributed by atoms with Crippen molar-refractivity contribution in [1.29, 1.82) is 0 Å². The molecule has 3 rings (SSSR count). The molecular formula is C17H15NO4S2. The molecule has 1 N–H and O–H groups in total. The molecule has 1 aromatic carbocycles. The minimum atomic E-state index is -0.206. The van der Waals surface area contributed by atoms with Crippen LogP contribution in [0.2, 0.25) is 0 Å². The number of carbonyl (C=O) groups is 1. The lowest BCUT2D eigenvalue weighted by atomic mass is 10.1. The first-order chi connectivity index (χ1) is 11.6. The van der Waals surface area contributed by atoms with Crippen molar-refractivity contribution in [2.45, 2.75) is 13.5 Å². The van der Waals surface area contributed by atoms with Gasteiger partial charge >= 0.3 is 0 Å². The Kier molecular flexibility index (Phi) is 4.92. The van der Waals surface area contributed by atoms with E-state index in [1.165, 1.54) is 16.7 Å². The average molecular weight is 361 g/mol. The van der Waals surface area contributed by atoms with Gasteiger partial charge in [-0.25, -0.2) is 0 Å². The van der Waals surface area contributed by atoms with Crippen LogP contribution in [0.25, 0.3) is 6.08 Å². The van der Waals surface area contributed by atoms with E-state index < -0.39 is 0 Å². The van der Waals surface area contributed by atoms with Crippen LogP contribution in [0, 0.1) is 0 Å². The van der Waals surface area contributed by atoms with Crippen LogP contribution >= 0.6 is 24.0 Å². The molecule has 1 amide bonds. The first-order valence-corrected chi connectivity index (χ1v) is 8.55. The Bertz CT molecular complexity index is 799. The van der Waals surface area contributed by atoms with Crippen LogP contribution in [0.5, 0.6) is 11.5 Å². The number of benzene rings is 1. The molecule has 1 aliphatic rings. The molecule has 0 radical (unpaired) electrons. The van der Waals surface area contributed by atoms with Crippen molar-refractivity contribution in [2.75, 3.05) is 6.61 Å². The standard InChI is InChI=1S/C17H15NO4S2/c1-2-21-13-7-3-5-11(15(13)19)9-14-16(20)18(17(23)24-14)10-12-6-4-8-22-12/h3-9,19H,2,10H2,1H3/b14-9-. The Hall–Kier alpha value is -2.25. The number of nitrogens with zero attached hydrogens (tertiary/aromatic N) is 1. The number of ether oxygens (including phenoxy) is 1. The number of phenolic OH excluding ortho intramolecular Hbond substituents is 1. The quantitative estimate of drug-likeness (QED) is 0.646. The fraction of sp³-hybridized carbons (Fsp3) is 0.176. The lowest BCUT2D eigenvalue weighted by molar-refractivity contribution is -0.122. The summed E-state index contributed by atoms with van der Waals surface area (Å²) in [6, 6.07) is 8.72. The van der Waals surface area contributed by atoms with Gasteiger partial charge < -0.3 is 14.3 Å². The summed E-state index contributed by atoms with van der Waals surface area (Å²) < 4.78 is 11.1. The lowest BCUT2D eigenvalue weighted by Gasteiger charge is -2.12. The molecular weight excluding hydrogens is 346 g/mol. The van der Waals surface area contributed by atoms with Gasteiger partial charge in [0.25, 0.3) is 5.91 Å². The predicted molar refractivity (Wildman–Crippen MR) is 96.7 cm³/mol. The summed E-state index contributed by atoms with van der Waals surface area (Å²) >= 11 is 6.48. The van der Waals surface area contributed by atoms with Crippen molar-refractivity contribution in [2.24, 2.45) is 0 Å². The van der Waals surface area contributed by atoms with Crippen LogP contribution < -0.4 is 4.74 Å². The molecule has 1 aromatic heterocycles. The van der Waals surface area contributed by atoms with Gasteiger partial charge in [-0.3, -0.25) is 9.69 Å². The molecule has 1 saturated heterocycles. The highest BCUT2D eigenvalue weighted by Crippen LogP contribution is 2.37. The summed E-state index contributed by atoms with van der Waals surface area (Å²) in [4.78, 5) is 14.5. The molecule has 0 aliphatic carbocycles. The number of aromatic hydroxyl groups is 1. The summed E-state index contributed by atoms with van der Waals surface area (Å²) in [5.74, 6) is 0.851. The van der Waals surface area contributed by atoms with Crippen LogP contribution in [0.4, 0.5) is 0 Å². The zero-order valence-corrected chi connectivity index (χ0v) is 14.5. The Morgan fingerprint density at radius 2 is 2.21 bits per heavy atom. The summed E-state index contributed by atoms with van der Waals surface area (Å²) in [5, 5.41) is 10.3. The molecule has 1 fully saturated rings. The Balaban J connectivity index is 1.85. The van der Waals surface area contributed by atoms with E-state index in [4.69, 9.17) is 21.4 Å². The normalized spacial score (nSPS) is 16.2. The number of phenols is 1. The van der Waals surface area contributed by atoms with Crippen molar-refractivity contribution >= 4 is 40.3 Å². The third-order valence-corrected chi connectivity index (χ3v) is 4.76. The smallest absolute Gasteiger partial charge is 0.266 e. The molecule has 0 spiro atoms. The van der Waals surface area contributed by atoms with E-state index in [2.05, 4.69) is 0 Å². The van der Waals surface area contributed by atoms with Crippen LogP contribution in [0.15, 0.2) is 45.9 Å². The predicted octanol–water partition coefficient (Wildman–Crippen LogP) is 3.79. The zero-order chi connectivity index (χ0) is 17.1. The van der Waals surface area contributed by atoms with Crippen LogP contribution in [-0.4, -0.2) is 26.8 Å². The number of furan rings is 1. The number of amides is 1. The number of thiocarbonyl (C=S) groups is 1. The molecule has 5 nitrogen and oxygen atoms in total. The van der Waals surface area contributed by atoms with Crippen molar-refractivity contribution in [3.8, 4) is 11.5 Å². The van der Waals surface area contributed by atoms with E-state index in [1.807, 2.05) is 6.92 Å². The summed E-state index contributed by atoms with van der Waals surface area (Å²) in [7, 11) is 0. The second kappa shape index (κ2) is 7.11. The Morgan fingerprint density at radius 1 is 1.38 bits per heavy atom. The summed E-state index contributed by atoms with van der Waals surface area (Å²) in [5.41, 5.74) is 0.513. The zero-order valence-electron chi connectivity index (χ0n) is 12.9. The van der Waals surface area contributed by atoms with Crippen molar-refractivity contribution in [1.82, 2.24) is 4.90 Å². The highest BCUT2D eigenvalue weighted by molar-refractivity contribution is 8.26. The van der Waals surface area contributed by atoms with E-state index in [9.17, 15) is 9.90 Å². The maximum Gasteiger partial charge on any atom is 0.266 e. The molecule has 0 unspecified atom stereocenters. The van der Waals surface area contributed by atoms with Gasteiger partial charge in [-0.2, -0.15) is 0 Å². The first-order valence-electron chi connectivity index (χ1n) is 7.32. The van der Waals surface area contributed by atoms with Gasteiger partial charge in [0.1, 0.15) is 10.1 Å². The topological polar surface area (TPSA) is 62.9 Å². The van der Waals surface area contributed by atoms with Gasteiger partial charge in [0.15, 0.2) is 11.5 Å². The van der Waals surface area contributed by atoms with Crippen molar-refractivity contribution in [3.63, 3.8) is 0 Å². The molecule has 24 heavy (non-hydrogen) atoms. The Morgan fingerprint density at radius 3 is 2.92 bits per heavy atom. The van der Waals surface area contributed by atoms with Crippen LogP contribution in [0.1, 0.15) is 18.2 Å². The third-order valence-electron chi connectivity index (χ3n) is 3.38. The maximum atomic E-state index is 12.6. The van der Waals surface area contributed by atoms with E-state index in [-0.39, 0.29) is 11.7 Å². The highest BCUT2D eigenvalue weighted by atomic mass is 32.2. The van der Waals surface area contributed by atoms with Gasteiger partial charge in [0.05, 0.1) is 24.3 Å². The number of carbonyl (C=O) groups excluding carboxylic acids is 1. The molecule has 2 heterocycles. The monoisotopic (exact) mass is 361 g/mol. The Labute approximate surface area is 148 Å². The fourth-order valence-corrected chi connectivity index (χ4v) is 3.51. The van der Waals surface area contributed by atoms with Gasteiger partial charge in [-0.05, 0) is 31.2 Å². The number of hydrogen-bond acceptors (Lipinski definition) is 6. The van der Waals surface area contributed by atoms with E-state index in [0.717, 1.165) is 0 Å². The van der Waals surface area contributed by atoms with Gasteiger partial charge in [-0.15, -0.1) is 0 Å². The fourth-order valence-electron chi connectivity index (χ4n) is 2.26. The number of hydrogen-bond donors (Lipinski definition) is 1. The summed E-state index contributed by atoms with van der Waals surface area (Å²) in [6.07, 6.45) is 3.18. The maximum absolute atomic E-state index is 12.6. The SMILES string of the molecule is CCOc1cccc(/C=C2\SC(=S)N(Cc3ccco3)C2=O)c1O.